The van der Waals surface area contributed by atoms with Crippen LogP contribution in [-0.4, -0.2) is 24.2 Å². The predicted octanol–water partition coefficient (Wildman–Crippen LogP) is 1.31. The van der Waals surface area contributed by atoms with E-state index in [4.69, 9.17) is 4.74 Å². The van der Waals surface area contributed by atoms with E-state index < -0.39 is 11.9 Å². The van der Waals surface area contributed by atoms with Gasteiger partial charge in [0.25, 0.3) is 0 Å². The van der Waals surface area contributed by atoms with Crippen LogP contribution >= 0.6 is 0 Å². The van der Waals surface area contributed by atoms with Crippen LogP contribution in [-0.2, 0) is 9.53 Å². The highest BCUT2D eigenvalue weighted by Gasteiger charge is 2.19. The van der Waals surface area contributed by atoms with Gasteiger partial charge < -0.3 is 14.6 Å². The topological polar surface area (TPSA) is 72.8 Å². The number of carbonyl (C=O) groups is 2. The average molecular weight is 223 g/mol. The number of carbonyl (C=O) groups excluding carboxylic acids is 2. The molecule has 0 fully saturated rings. The number of methoxy groups -OCH3 is 1. The lowest BCUT2D eigenvalue weighted by Crippen LogP contribution is -2.11. The van der Waals surface area contributed by atoms with Gasteiger partial charge in [-0.05, 0) is 19.1 Å². The number of ether oxygens (including phenoxy) is 2. The normalized spacial score (nSPS) is 9.62. The Morgan fingerprint density at radius 3 is 2.69 bits per heavy atom. The third kappa shape index (κ3) is 2.50. The molecule has 0 unspecified atom stereocenters. The van der Waals surface area contributed by atoms with E-state index >= 15 is 0 Å². The lowest BCUT2D eigenvalue weighted by atomic mass is 10.2. The van der Waals surface area contributed by atoms with E-state index in [1.54, 1.807) is 0 Å². The van der Waals surface area contributed by atoms with E-state index in [9.17, 15) is 14.7 Å². The smallest absolute Gasteiger partial charge is 0.345 e. The molecular formula is C11H11O5. The van der Waals surface area contributed by atoms with Crippen LogP contribution in [0.25, 0.3) is 0 Å². The van der Waals surface area contributed by atoms with Gasteiger partial charge in [-0.15, -0.1) is 0 Å². The second-order valence-corrected chi connectivity index (χ2v) is 2.87. The van der Waals surface area contributed by atoms with Crippen LogP contribution in [0, 0.1) is 6.92 Å². The highest BCUT2D eigenvalue weighted by atomic mass is 16.5. The molecule has 1 aromatic carbocycles. The summed E-state index contributed by atoms with van der Waals surface area (Å²) in [7, 11) is 1.17. The van der Waals surface area contributed by atoms with Gasteiger partial charge in [-0.2, -0.15) is 0 Å². The number of benzene rings is 1. The second-order valence-electron chi connectivity index (χ2n) is 2.87. The van der Waals surface area contributed by atoms with Crippen molar-refractivity contribution >= 4 is 11.9 Å². The predicted molar refractivity (Wildman–Crippen MR) is 55.1 cm³/mol. The van der Waals surface area contributed by atoms with E-state index in [0.717, 1.165) is 0 Å². The number of phenols is 1. The maximum Gasteiger partial charge on any atom is 0.345 e. The largest absolute Gasteiger partial charge is 0.507 e. The molecule has 85 valence electrons. The Bertz CT molecular complexity index is 411. The highest BCUT2D eigenvalue weighted by molar-refractivity contribution is 5.96. The SMILES string of the molecule is [CH2]CC(=O)Oc1cccc(O)c1C(=O)OC. The average Bonchev–Trinajstić information content (AvgIpc) is 2.28. The molecule has 0 amide bonds. The van der Waals surface area contributed by atoms with Crippen molar-refractivity contribution in [2.45, 2.75) is 6.42 Å². The first-order chi connectivity index (χ1) is 7.60. The Morgan fingerprint density at radius 1 is 1.44 bits per heavy atom. The maximum absolute atomic E-state index is 11.3. The fraction of sp³-hybridized carbons (Fsp3) is 0.182. The minimum absolute atomic E-state index is 0.0412. The van der Waals surface area contributed by atoms with E-state index in [2.05, 4.69) is 11.7 Å². The summed E-state index contributed by atoms with van der Waals surface area (Å²) in [6, 6.07) is 4.14. The third-order valence-corrected chi connectivity index (χ3v) is 1.82. The summed E-state index contributed by atoms with van der Waals surface area (Å²) < 4.78 is 9.30. The van der Waals surface area contributed by atoms with Crippen LogP contribution in [0.4, 0.5) is 0 Å². The molecular weight excluding hydrogens is 212 g/mol. The van der Waals surface area contributed by atoms with E-state index in [-0.39, 0.29) is 23.5 Å². The molecule has 0 spiro atoms. The molecule has 0 aliphatic carbocycles. The molecule has 0 saturated heterocycles. The summed E-state index contributed by atoms with van der Waals surface area (Å²) in [6.45, 7) is 3.35. The molecule has 1 rings (SSSR count). The van der Waals surface area contributed by atoms with Crippen molar-refractivity contribution in [2.75, 3.05) is 7.11 Å². The van der Waals surface area contributed by atoms with Gasteiger partial charge in [0.05, 0.1) is 7.11 Å². The molecule has 0 saturated carbocycles. The van der Waals surface area contributed by atoms with Crippen molar-refractivity contribution in [1.82, 2.24) is 0 Å². The summed E-state index contributed by atoms with van der Waals surface area (Å²) in [5.74, 6) is -1.72. The van der Waals surface area contributed by atoms with Crippen molar-refractivity contribution in [3.8, 4) is 11.5 Å². The zero-order chi connectivity index (χ0) is 12.1. The zero-order valence-electron chi connectivity index (χ0n) is 8.73. The molecule has 16 heavy (non-hydrogen) atoms. The Morgan fingerprint density at radius 2 is 2.12 bits per heavy atom. The minimum Gasteiger partial charge on any atom is -0.507 e. The van der Waals surface area contributed by atoms with Crippen LogP contribution in [0.2, 0.25) is 0 Å². The number of esters is 2. The summed E-state index contributed by atoms with van der Waals surface area (Å²) in [6.07, 6.45) is -0.0731. The monoisotopic (exact) mass is 223 g/mol. The molecule has 1 aromatic rings. The number of rotatable bonds is 3. The van der Waals surface area contributed by atoms with Gasteiger partial charge in [-0.3, -0.25) is 4.79 Å². The summed E-state index contributed by atoms with van der Waals surface area (Å²) in [5, 5.41) is 9.47. The van der Waals surface area contributed by atoms with Gasteiger partial charge in [0.15, 0.2) is 0 Å². The molecule has 5 heteroatoms. The third-order valence-electron chi connectivity index (χ3n) is 1.82. The van der Waals surface area contributed by atoms with Gasteiger partial charge >= 0.3 is 11.9 Å². The van der Waals surface area contributed by atoms with Crippen LogP contribution in [0.1, 0.15) is 16.8 Å². The summed E-state index contributed by atoms with van der Waals surface area (Å²) >= 11 is 0. The van der Waals surface area contributed by atoms with Crippen LogP contribution in [0.15, 0.2) is 18.2 Å². The van der Waals surface area contributed by atoms with E-state index in [1.807, 2.05) is 0 Å². The van der Waals surface area contributed by atoms with E-state index in [0.29, 0.717) is 0 Å². The van der Waals surface area contributed by atoms with Gasteiger partial charge in [0.2, 0.25) is 0 Å². The molecule has 1 radical (unpaired) electrons. The Labute approximate surface area is 92.6 Å². The molecule has 5 nitrogen and oxygen atoms in total. The molecule has 0 bridgehead atoms. The molecule has 0 aromatic heterocycles. The lowest BCUT2D eigenvalue weighted by Gasteiger charge is -2.09. The van der Waals surface area contributed by atoms with Gasteiger partial charge in [-0.25, -0.2) is 4.79 Å². The molecule has 1 N–H and O–H groups in total. The number of hydrogen-bond acceptors (Lipinski definition) is 5. The van der Waals surface area contributed by atoms with Crippen molar-refractivity contribution in [3.05, 3.63) is 30.7 Å². The molecule has 0 heterocycles. The Hall–Kier alpha value is -2.04. The fourth-order valence-corrected chi connectivity index (χ4v) is 1.09. The fourth-order valence-electron chi connectivity index (χ4n) is 1.09. The zero-order valence-corrected chi connectivity index (χ0v) is 8.73. The first-order valence-electron chi connectivity index (χ1n) is 4.50. The first-order valence-corrected chi connectivity index (χ1v) is 4.50. The van der Waals surface area contributed by atoms with Crippen molar-refractivity contribution in [1.29, 1.82) is 0 Å². The van der Waals surface area contributed by atoms with Crippen LogP contribution in [0.3, 0.4) is 0 Å². The summed E-state index contributed by atoms with van der Waals surface area (Å²) in [5.41, 5.74) is -0.174. The summed E-state index contributed by atoms with van der Waals surface area (Å²) in [4.78, 5) is 22.4. The van der Waals surface area contributed by atoms with Crippen molar-refractivity contribution in [2.24, 2.45) is 0 Å². The Balaban J connectivity index is 3.12. The maximum atomic E-state index is 11.3. The number of hydrogen-bond donors (Lipinski definition) is 1. The lowest BCUT2D eigenvalue weighted by molar-refractivity contribution is -0.133. The van der Waals surface area contributed by atoms with Gasteiger partial charge in [-0.1, -0.05) is 6.07 Å². The van der Waals surface area contributed by atoms with Gasteiger partial charge in [0, 0.05) is 6.42 Å². The van der Waals surface area contributed by atoms with Crippen molar-refractivity contribution < 1.29 is 24.2 Å². The minimum atomic E-state index is -0.773. The highest BCUT2D eigenvalue weighted by Crippen LogP contribution is 2.28. The molecule has 0 atom stereocenters. The standard InChI is InChI=1S/C11H11O5/c1-3-9(13)16-8-6-4-5-7(12)10(8)11(14)15-2/h4-6,12H,1,3H2,2H3. The van der Waals surface area contributed by atoms with Gasteiger partial charge in [0.1, 0.15) is 17.1 Å². The Kier molecular flexibility index (Phi) is 3.88. The number of aromatic hydroxyl groups is 1. The molecule has 0 aliphatic heterocycles. The van der Waals surface area contributed by atoms with Crippen LogP contribution < -0.4 is 4.74 Å². The van der Waals surface area contributed by atoms with E-state index in [1.165, 1.54) is 25.3 Å². The molecule has 0 aliphatic rings. The second kappa shape index (κ2) is 5.16. The first kappa shape index (κ1) is 12.0. The quantitative estimate of drug-likeness (QED) is 0.617. The van der Waals surface area contributed by atoms with Crippen molar-refractivity contribution in [3.63, 3.8) is 0 Å². The number of phenolic OH excluding ortho intramolecular Hbond substituents is 1. The van der Waals surface area contributed by atoms with Crippen LogP contribution in [0.5, 0.6) is 11.5 Å².